The molecule has 5 nitrogen and oxygen atoms in total. The molecule has 5 rings (SSSR count). The van der Waals surface area contributed by atoms with Crippen molar-refractivity contribution in [3.05, 3.63) is 83.9 Å². The predicted octanol–water partition coefficient (Wildman–Crippen LogP) is 6.10. The molecule has 232 valence electrons. The average molecular weight is 602 g/mol. The largest absolute Gasteiger partial charge is 0.493 e. The van der Waals surface area contributed by atoms with Gasteiger partial charge in [0.05, 0.1) is 20.3 Å². The summed E-state index contributed by atoms with van der Waals surface area (Å²) in [6.45, 7) is 11.2. The highest BCUT2D eigenvalue weighted by Crippen LogP contribution is 2.46. The van der Waals surface area contributed by atoms with Gasteiger partial charge in [-0.25, -0.2) is 0 Å². The van der Waals surface area contributed by atoms with Crippen molar-refractivity contribution in [1.29, 1.82) is 0 Å². The van der Waals surface area contributed by atoms with E-state index in [4.69, 9.17) is 9.47 Å². The highest BCUT2D eigenvalue weighted by atomic mass is 28.4. The Morgan fingerprint density at radius 1 is 0.860 bits per heavy atom. The summed E-state index contributed by atoms with van der Waals surface area (Å²) in [4.78, 5) is 15.1. The summed E-state index contributed by atoms with van der Waals surface area (Å²) >= 11 is 0. The van der Waals surface area contributed by atoms with Crippen LogP contribution in [0.5, 0.6) is 11.5 Å². The van der Waals surface area contributed by atoms with Crippen molar-refractivity contribution in [2.45, 2.75) is 83.4 Å². The van der Waals surface area contributed by atoms with Crippen LogP contribution >= 0.6 is 0 Å². The van der Waals surface area contributed by atoms with E-state index < -0.39 is 8.32 Å². The second kappa shape index (κ2) is 12.8. The summed E-state index contributed by atoms with van der Waals surface area (Å²) in [5.41, 5.74) is 2.68. The molecule has 0 spiro atoms. The monoisotopic (exact) mass is 601 g/mol. The van der Waals surface area contributed by atoms with Crippen molar-refractivity contribution in [1.82, 2.24) is 4.90 Å². The number of methoxy groups -OCH3 is 2. The molecular formula is C37H51NO4Si. The molecule has 2 aliphatic rings. The lowest BCUT2D eigenvalue weighted by Gasteiger charge is -2.47. The molecule has 2 heterocycles. The quantitative estimate of drug-likeness (QED) is 0.260. The number of piperidine rings is 1. The van der Waals surface area contributed by atoms with Gasteiger partial charge in [-0.15, -0.1) is 0 Å². The first-order valence-corrected chi connectivity index (χ1v) is 17.9. The van der Waals surface area contributed by atoms with Crippen LogP contribution in [-0.4, -0.2) is 56.5 Å². The van der Waals surface area contributed by atoms with E-state index in [1.807, 2.05) is 36.4 Å². The van der Waals surface area contributed by atoms with Gasteiger partial charge in [-0.2, -0.15) is 0 Å². The molecule has 43 heavy (non-hydrogen) atoms. The topological polar surface area (TPSA) is 62.2 Å². The molecule has 3 aromatic carbocycles. The molecule has 0 radical (unpaired) electrons. The van der Waals surface area contributed by atoms with Crippen LogP contribution in [-0.2, 0) is 6.42 Å². The number of aliphatic hydroxyl groups excluding tert-OH is 1. The number of benzene rings is 3. The van der Waals surface area contributed by atoms with Crippen LogP contribution in [0.1, 0.15) is 77.0 Å². The lowest BCUT2D eigenvalue weighted by Crippen LogP contribution is -2.65. The zero-order valence-corrected chi connectivity index (χ0v) is 28.0. The Labute approximate surface area is 260 Å². The van der Waals surface area contributed by atoms with Gasteiger partial charge in [-0.1, -0.05) is 94.8 Å². The second-order valence-electron chi connectivity index (χ2n) is 14.3. The summed E-state index contributed by atoms with van der Waals surface area (Å²) in [7, 11) is 0.369. The molecular weight excluding hydrogens is 550 g/mol. The number of ether oxygens (including phenoxy) is 2. The minimum absolute atomic E-state index is 0.0952. The standard InChI is InChI=1S/C37H51NO4Si/c1-36(2,19-13-20-37(3,4)43(40,29-14-9-7-10-15-29)30-16-11-8-12-17-30)25-28-26-38-21-18-27-22-34(41-5)35(42-6)23-31(27)32(38)24-33(28)39/h7-12,14-17,22-23,28,32-33,39-40H,13,18-21,24-26H2,1-6H3/t28-,32-,33-/m1/s1. The van der Waals surface area contributed by atoms with E-state index in [0.29, 0.717) is 0 Å². The summed E-state index contributed by atoms with van der Waals surface area (Å²) in [6, 6.07) is 25.1. The van der Waals surface area contributed by atoms with Crippen LogP contribution in [0, 0.1) is 11.3 Å². The van der Waals surface area contributed by atoms with Gasteiger partial charge < -0.3 is 19.4 Å². The molecule has 6 heteroatoms. The van der Waals surface area contributed by atoms with Crippen molar-refractivity contribution < 1.29 is 19.4 Å². The van der Waals surface area contributed by atoms with Crippen LogP contribution in [0.4, 0.5) is 0 Å². The zero-order valence-electron chi connectivity index (χ0n) is 27.0. The smallest absolute Gasteiger partial charge is 0.258 e. The number of aliphatic hydroxyl groups is 1. The molecule has 2 aliphatic heterocycles. The Hall–Kier alpha value is -2.64. The van der Waals surface area contributed by atoms with Gasteiger partial charge in [0.2, 0.25) is 0 Å². The first kappa shape index (κ1) is 31.8. The van der Waals surface area contributed by atoms with Gasteiger partial charge in [0.15, 0.2) is 11.5 Å². The summed E-state index contributed by atoms with van der Waals surface area (Å²) in [6.07, 6.45) is 5.47. The number of hydrogen-bond donors (Lipinski definition) is 2. The van der Waals surface area contributed by atoms with Gasteiger partial charge in [0.25, 0.3) is 8.32 Å². The highest BCUT2D eigenvalue weighted by Gasteiger charge is 2.49. The van der Waals surface area contributed by atoms with Crippen molar-refractivity contribution in [3.63, 3.8) is 0 Å². The van der Waals surface area contributed by atoms with Crippen molar-refractivity contribution >= 4 is 18.7 Å². The van der Waals surface area contributed by atoms with Gasteiger partial charge in [-0.05, 0) is 82.1 Å². The van der Waals surface area contributed by atoms with E-state index in [9.17, 15) is 9.90 Å². The number of fused-ring (bicyclic) bond motifs is 3. The molecule has 0 aromatic heterocycles. The van der Waals surface area contributed by atoms with Gasteiger partial charge in [0, 0.05) is 19.1 Å². The number of hydrogen-bond acceptors (Lipinski definition) is 5. The highest BCUT2D eigenvalue weighted by molar-refractivity contribution is 6.98. The Kier molecular flexibility index (Phi) is 9.43. The van der Waals surface area contributed by atoms with Crippen LogP contribution < -0.4 is 19.8 Å². The zero-order chi connectivity index (χ0) is 30.8. The number of nitrogens with zero attached hydrogens (tertiary/aromatic N) is 1. The summed E-state index contributed by atoms with van der Waals surface area (Å²) < 4.78 is 11.2. The molecule has 2 N–H and O–H groups in total. The third-order valence-electron chi connectivity index (χ3n) is 10.4. The Morgan fingerprint density at radius 3 is 2.02 bits per heavy atom. The lowest BCUT2D eigenvalue weighted by atomic mass is 9.73. The first-order valence-electron chi connectivity index (χ1n) is 16.0. The molecule has 0 bridgehead atoms. The van der Waals surface area contributed by atoms with Gasteiger partial charge >= 0.3 is 0 Å². The van der Waals surface area contributed by atoms with Crippen molar-refractivity contribution in [3.8, 4) is 11.5 Å². The minimum atomic E-state index is -3.00. The molecule has 0 aliphatic carbocycles. The van der Waals surface area contributed by atoms with E-state index >= 15 is 0 Å². The van der Waals surface area contributed by atoms with E-state index in [1.54, 1.807) is 14.2 Å². The molecule has 1 fully saturated rings. The van der Waals surface area contributed by atoms with Crippen molar-refractivity contribution in [2.75, 3.05) is 27.3 Å². The van der Waals surface area contributed by atoms with Crippen LogP contribution in [0.15, 0.2) is 72.8 Å². The Morgan fingerprint density at radius 2 is 1.44 bits per heavy atom. The Bertz CT molecular complexity index is 1320. The van der Waals surface area contributed by atoms with E-state index in [0.717, 1.165) is 73.5 Å². The summed E-state index contributed by atoms with van der Waals surface area (Å²) in [5.74, 6) is 1.79. The second-order valence-corrected chi connectivity index (χ2v) is 18.2. The van der Waals surface area contributed by atoms with Crippen LogP contribution in [0.2, 0.25) is 5.04 Å². The third kappa shape index (κ3) is 6.44. The minimum Gasteiger partial charge on any atom is -0.493 e. The summed E-state index contributed by atoms with van der Waals surface area (Å²) in [5, 5.41) is 13.3. The average Bonchev–Trinajstić information content (AvgIpc) is 3.00. The number of rotatable bonds is 11. The van der Waals surface area contributed by atoms with Gasteiger partial charge in [-0.3, -0.25) is 4.90 Å². The maximum absolute atomic E-state index is 12.5. The first-order chi connectivity index (χ1) is 20.5. The SMILES string of the molecule is COc1cc2c(cc1OC)[C@H]1C[C@@H](O)[C@H](CC(C)(C)CCCC(C)(C)[Si](O)(c3ccccc3)c3ccccc3)CN1CC2. The molecule has 0 amide bonds. The van der Waals surface area contributed by atoms with Gasteiger partial charge in [0.1, 0.15) is 0 Å². The molecule has 1 saturated heterocycles. The Balaban J connectivity index is 1.24. The molecule has 3 atom stereocenters. The lowest BCUT2D eigenvalue weighted by molar-refractivity contribution is -0.0285. The third-order valence-corrected chi connectivity index (χ3v) is 15.0. The normalized spacial score (nSPS) is 21.2. The van der Waals surface area contributed by atoms with Crippen LogP contribution in [0.3, 0.4) is 0 Å². The molecule has 3 aromatic rings. The fraction of sp³-hybridized carbons (Fsp3) is 0.514. The van der Waals surface area contributed by atoms with E-state index in [-0.39, 0.29) is 28.5 Å². The predicted molar refractivity (Wildman–Crippen MR) is 178 cm³/mol. The van der Waals surface area contributed by atoms with E-state index in [1.165, 1.54) is 11.1 Å². The maximum Gasteiger partial charge on any atom is 0.258 e. The fourth-order valence-electron chi connectivity index (χ4n) is 7.93. The fourth-order valence-corrected chi connectivity index (χ4v) is 11.7. The van der Waals surface area contributed by atoms with E-state index in [2.05, 4.69) is 69.0 Å². The molecule has 0 saturated carbocycles. The maximum atomic E-state index is 12.5. The van der Waals surface area contributed by atoms with Crippen molar-refractivity contribution in [2.24, 2.45) is 11.3 Å². The van der Waals surface area contributed by atoms with Crippen LogP contribution in [0.25, 0.3) is 0 Å². The molecule has 0 unspecified atom stereocenters.